The summed E-state index contributed by atoms with van der Waals surface area (Å²) in [5.41, 5.74) is 1.21. The van der Waals surface area contributed by atoms with Crippen LogP contribution in [0.5, 0.6) is 0 Å². The molecule has 0 atom stereocenters. The Bertz CT molecular complexity index is 680. The monoisotopic (exact) mass is 353 g/mol. The molecular formula is C17H27N3O3S. The molecule has 0 unspecified atom stereocenters. The Morgan fingerprint density at radius 1 is 1.21 bits per heavy atom. The summed E-state index contributed by atoms with van der Waals surface area (Å²) in [4.78, 5) is 14.6. The van der Waals surface area contributed by atoms with Gasteiger partial charge in [-0.1, -0.05) is 19.4 Å². The van der Waals surface area contributed by atoms with Gasteiger partial charge in [-0.3, -0.25) is 4.79 Å². The van der Waals surface area contributed by atoms with E-state index in [0.717, 1.165) is 31.5 Å². The number of nitrogens with zero attached hydrogens (tertiary/aromatic N) is 2. The number of nitrogens with one attached hydrogen (secondary N) is 1. The molecule has 1 fully saturated rings. The molecule has 1 N–H and O–H groups in total. The lowest BCUT2D eigenvalue weighted by Gasteiger charge is -2.31. The Kier molecular flexibility index (Phi) is 6.37. The maximum absolute atomic E-state index is 12.8. The van der Waals surface area contributed by atoms with Gasteiger partial charge in [-0.25, -0.2) is 8.42 Å². The molecule has 1 heterocycles. The van der Waals surface area contributed by atoms with E-state index in [1.165, 1.54) is 10.4 Å². The number of piperazine rings is 1. The highest BCUT2D eigenvalue weighted by atomic mass is 32.2. The summed E-state index contributed by atoms with van der Waals surface area (Å²) in [6, 6.07) is 4.80. The average molecular weight is 353 g/mol. The zero-order valence-electron chi connectivity index (χ0n) is 14.7. The number of aryl methyl sites for hydroxylation is 1. The highest BCUT2D eigenvalue weighted by Gasteiger charge is 2.28. The van der Waals surface area contributed by atoms with Crippen LogP contribution in [-0.4, -0.2) is 63.3 Å². The van der Waals surface area contributed by atoms with Crippen LogP contribution in [0, 0.1) is 6.92 Å². The highest BCUT2D eigenvalue weighted by Crippen LogP contribution is 2.20. The van der Waals surface area contributed by atoms with E-state index in [-0.39, 0.29) is 10.8 Å². The fraction of sp³-hybridized carbons (Fsp3) is 0.588. The second kappa shape index (κ2) is 8.09. The van der Waals surface area contributed by atoms with Crippen molar-refractivity contribution in [1.29, 1.82) is 0 Å². The van der Waals surface area contributed by atoms with Gasteiger partial charge in [0.2, 0.25) is 10.0 Å². The van der Waals surface area contributed by atoms with Crippen LogP contribution in [0.2, 0.25) is 0 Å². The molecule has 1 aliphatic heterocycles. The molecule has 7 heteroatoms. The minimum absolute atomic E-state index is 0.193. The number of benzene rings is 1. The zero-order chi connectivity index (χ0) is 17.7. The van der Waals surface area contributed by atoms with Crippen molar-refractivity contribution in [3.8, 4) is 0 Å². The highest BCUT2D eigenvalue weighted by molar-refractivity contribution is 7.89. The summed E-state index contributed by atoms with van der Waals surface area (Å²) >= 11 is 0. The molecule has 1 aromatic carbocycles. The van der Waals surface area contributed by atoms with E-state index in [1.54, 1.807) is 12.1 Å². The van der Waals surface area contributed by atoms with Gasteiger partial charge in [0.1, 0.15) is 0 Å². The normalized spacial score (nSPS) is 17.0. The van der Waals surface area contributed by atoms with Crippen molar-refractivity contribution in [3.05, 3.63) is 29.3 Å². The van der Waals surface area contributed by atoms with Crippen LogP contribution in [0.4, 0.5) is 0 Å². The number of sulfonamides is 1. The number of carbonyl (C=O) groups is 1. The van der Waals surface area contributed by atoms with Crippen LogP contribution >= 0.6 is 0 Å². The predicted octanol–water partition coefficient (Wildman–Crippen LogP) is 1.46. The third-order valence-electron chi connectivity index (χ3n) is 4.37. The molecule has 134 valence electrons. The Morgan fingerprint density at radius 3 is 2.50 bits per heavy atom. The summed E-state index contributed by atoms with van der Waals surface area (Å²) in [5.74, 6) is -0.212. The van der Waals surface area contributed by atoms with Crippen LogP contribution in [0.25, 0.3) is 0 Å². The molecular weight excluding hydrogens is 326 g/mol. The van der Waals surface area contributed by atoms with Gasteiger partial charge in [-0.05, 0) is 38.1 Å². The van der Waals surface area contributed by atoms with E-state index < -0.39 is 10.0 Å². The van der Waals surface area contributed by atoms with Gasteiger partial charge in [0.25, 0.3) is 5.91 Å². The first-order chi connectivity index (χ1) is 11.4. The number of unbranched alkanes of at least 4 members (excludes halogenated alkanes) is 1. The first-order valence-corrected chi connectivity index (χ1v) is 9.88. The molecule has 1 saturated heterocycles. The molecule has 1 amide bonds. The predicted molar refractivity (Wildman–Crippen MR) is 94.7 cm³/mol. The standard InChI is InChI=1S/C17H27N3O3S/c1-4-5-8-18-17(21)16-13-15(7-6-14(16)2)24(22,23)20-11-9-19(3)10-12-20/h6-7,13H,4-5,8-12H2,1-3H3,(H,18,21). The third-order valence-corrected chi connectivity index (χ3v) is 6.26. The third kappa shape index (κ3) is 4.34. The van der Waals surface area contributed by atoms with E-state index in [2.05, 4.69) is 17.1 Å². The van der Waals surface area contributed by atoms with Crippen molar-refractivity contribution in [3.63, 3.8) is 0 Å². The lowest BCUT2D eigenvalue weighted by Crippen LogP contribution is -2.47. The molecule has 0 radical (unpaired) electrons. The smallest absolute Gasteiger partial charge is 0.251 e. The first kappa shape index (κ1) is 18.9. The maximum atomic E-state index is 12.8. The number of hydrogen-bond acceptors (Lipinski definition) is 4. The molecule has 6 nitrogen and oxygen atoms in total. The molecule has 0 aromatic heterocycles. The molecule has 24 heavy (non-hydrogen) atoms. The van der Waals surface area contributed by atoms with Crippen LogP contribution in [0.1, 0.15) is 35.7 Å². The Balaban J connectivity index is 2.21. The van der Waals surface area contributed by atoms with Gasteiger partial charge in [0.15, 0.2) is 0 Å². The fourth-order valence-electron chi connectivity index (χ4n) is 2.66. The van der Waals surface area contributed by atoms with Crippen molar-refractivity contribution in [2.75, 3.05) is 39.8 Å². The average Bonchev–Trinajstić information content (AvgIpc) is 2.55. The van der Waals surface area contributed by atoms with Crippen LogP contribution in [0.15, 0.2) is 23.1 Å². The second-order valence-electron chi connectivity index (χ2n) is 6.29. The number of carbonyl (C=O) groups excluding carboxylic acids is 1. The van der Waals surface area contributed by atoms with Gasteiger partial charge in [-0.15, -0.1) is 0 Å². The number of likely N-dealkylation sites (N-methyl/N-ethyl adjacent to an activating group) is 1. The SMILES string of the molecule is CCCCNC(=O)c1cc(S(=O)(=O)N2CCN(C)CC2)ccc1C. The molecule has 1 aromatic rings. The number of rotatable bonds is 6. The number of hydrogen-bond donors (Lipinski definition) is 1. The lowest BCUT2D eigenvalue weighted by atomic mass is 10.1. The van der Waals surface area contributed by atoms with Crippen molar-refractivity contribution < 1.29 is 13.2 Å². The van der Waals surface area contributed by atoms with E-state index in [0.29, 0.717) is 25.2 Å². The molecule has 0 bridgehead atoms. The van der Waals surface area contributed by atoms with Crippen LogP contribution in [0.3, 0.4) is 0 Å². The Labute approximate surface area is 144 Å². The molecule has 1 aliphatic rings. The summed E-state index contributed by atoms with van der Waals surface area (Å²) in [6.07, 6.45) is 1.90. The van der Waals surface area contributed by atoms with E-state index >= 15 is 0 Å². The molecule has 0 spiro atoms. The summed E-state index contributed by atoms with van der Waals surface area (Å²) in [7, 11) is -1.58. The van der Waals surface area contributed by atoms with Crippen molar-refractivity contribution in [2.24, 2.45) is 0 Å². The fourth-order valence-corrected chi connectivity index (χ4v) is 4.11. The quantitative estimate of drug-likeness (QED) is 0.786. The largest absolute Gasteiger partial charge is 0.352 e. The molecule has 0 aliphatic carbocycles. The van der Waals surface area contributed by atoms with Gasteiger partial charge < -0.3 is 10.2 Å². The topological polar surface area (TPSA) is 69.7 Å². The van der Waals surface area contributed by atoms with Gasteiger partial charge in [0.05, 0.1) is 4.90 Å². The van der Waals surface area contributed by atoms with E-state index in [4.69, 9.17) is 0 Å². The van der Waals surface area contributed by atoms with Crippen LogP contribution < -0.4 is 5.32 Å². The Morgan fingerprint density at radius 2 is 1.88 bits per heavy atom. The minimum Gasteiger partial charge on any atom is -0.352 e. The summed E-state index contributed by atoms with van der Waals surface area (Å²) < 4.78 is 27.1. The zero-order valence-corrected chi connectivity index (χ0v) is 15.5. The molecule has 0 saturated carbocycles. The van der Waals surface area contributed by atoms with E-state index in [9.17, 15) is 13.2 Å². The van der Waals surface area contributed by atoms with E-state index in [1.807, 2.05) is 14.0 Å². The second-order valence-corrected chi connectivity index (χ2v) is 8.23. The summed E-state index contributed by atoms with van der Waals surface area (Å²) in [5, 5.41) is 2.85. The number of amides is 1. The van der Waals surface area contributed by atoms with Crippen molar-refractivity contribution >= 4 is 15.9 Å². The van der Waals surface area contributed by atoms with Gasteiger partial charge in [0, 0.05) is 38.3 Å². The minimum atomic E-state index is -3.56. The summed E-state index contributed by atoms with van der Waals surface area (Å²) in [6.45, 7) is 6.87. The van der Waals surface area contributed by atoms with Crippen LogP contribution in [-0.2, 0) is 10.0 Å². The first-order valence-electron chi connectivity index (χ1n) is 8.43. The lowest BCUT2D eigenvalue weighted by molar-refractivity contribution is 0.0952. The van der Waals surface area contributed by atoms with Crippen molar-refractivity contribution in [2.45, 2.75) is 31.6 Å². The maximum Gasteiger partial charge on any atom is 0.251 e. The van der Waals surface area contributed by atoms with Gasteiger partial charge in [-0.2, -0.15) is 4.31 Å². The van der Waals surface area contributed by atoms with Gasteiger partial charge >= 0.3 is 0 Å². The molecule has 2 rings (SSSR count). The Hall–Kier alpha value is -1.44. The van der Waals surface area contributed by atoms with Crippen molar-refractivity contribution in [1.82, 2.24) is 14.5 Å².